The van der Waals surface area contributed by atoms with Crippen LogP contribution in [0, 0.1) is 13.8 Å². The summed E-state index contributed by atoms with van der Waals surface area (Å²) in [6, 6.07) is 2.17. The minimum atomic E-state index is -0.331. The molecule has 1 aromatic rings. The summed E-state index contributed by atoms with van der Waals surface area (Å²) in [6.07, 6.45) is 2.68. The van der Waals surface area contributed by atoms with Gasteiger partial charge in [0.15, 0.2) is 0 Å². The molecule has 2 nitrogen and oxygen atoms in total. The summed E-state index contributed by atoms with van der Waals surface area (Å²) in [5.41, 5.74) is 4.42. The number of hydrogen-bond donors (Lipinski definition) is 1. The van der Waals surface area contributed by atoms with Gasteiger partial charge in [0.25, 0.3) is 0 Å². The van der Waals surface area contributed by atoms with Crippen LogP contribution >= 0.6 is 0 Å². The molecule has 0 saturated heterocycles. The Bertz CT molecular complexity index is 333. The number of nitrogens with zero attached hydrogens (tertiary/aromatic N) is 1. The van der Waals surface area contributed by atoms with Crippen molar-refractivity contribution in [1.82, 2.24) is 4.98 Å². The lowest BCUT2D eigenvalue weighted by molar-refractivity contribution is 0.151. The summed E-state index contributed by atoms with van der Waals surface area (Å²) in [4.78, 5) is 4.44. The Morgan fingerprint density at radius 3 is 3.00 bits per heavy atom. The maximum absolute atomic E-state index is 9.71. The van der Waals surface area contributed by atoms with Crippen molar-refractivity contribution in [3.63, 3.8) is 0 Å². The number of pyridine rings is 1. The number of fused-ring (bicyclic) bond motifs is 1. The van der Waals surface area contributed by atoms with E-state index in [0.717, 1.165) is 30.7 Å². The van der Waals surface area contributed by atoms with Gasteiger partial charge in [-0.3, -0.25) is 4.98 Å². The lowest BCUT2D eigenvalue weighted by Crippen LogP contribution is -2.12. The first-order valence-corrected chi connectivity index (χ1v) is 4.83. The van der Waals surface area contributed by atoms with Crippen molar-refractivity contribution < 1.29 is 5.11 Å². The summed E-state index contributed by atoms with van der Waals surface area (Å²) >= 11 is 0. The van der Waals surface area contributed by atoms with Crippen molar-refractivity contribution in [3.05, 3.63) is 28.6 Å². The van der Waals surface area contributed by atoms with Crippen LogP contribution in [0.4, 0.5) is 0 Å². The van der Waals surface area contributed by atoms with Crippen LogP contribution < -0.4 is 0 Å². The first kappa shape index (κ1) is 8.70. The monoisotopic (exact) mass is 177 g/mol. The SMILES string of the molecule is Cc1cc2c(nc1C)C(O)CCC2. The zero-order chi connectivity index (χ0) is 9.42. The van der Waals surface area contributed by atoms with Gasteiger partial charge < -0.3 is 5.11 Å². The van der Waals surface area contributed by atoms with E-state index in [1.807, 2.05) is 6.92 Å². The summed E-state index contributed by atoms with van der Waals surface area (Å²) < 4.78 is 0. The van der Waals surface area contributed by atoms with Crippen molar-refractivity contribution >= 4 is 0 Å². The average Bonchev–Trinajstić information content (AvgIpc) is 2.09. The standard InChI is InChI=1S/C11H15NO/c1-7-6-9-4-3-5-10(13)11(9)12-8(7)2/h6,10,13H,3-5H2,1-2H3. The smallest absolute Gasteiger partial charge is 0.0962 e. The molecule has 1 aromatic heterocycles. The second-order valence-electron chi connectivity index (χ2n) is 3.84. The summed E-state index contributed by atoms with van der Waals surface area (Å²) in [7, 11) is 0. The van der Waals surface area contributed by atoms with E-state index in [9.17, 15) is 5.11 Å². The van der Waals surface area contributed by atoms with Gasteiger partial charge in [-0.15, -0.1) is 0 Å². The van der Waals surface area contributed by atoms with E-state index >= 15 is 0 Å². The van der Waals surface area contributed by atoms with Crippen LogP contribution in [0.5, 0.6) is 0 Å². The summed E-state index contributed by atoms with van der Waals surface area (Å²) in [5, 5.41) is 9.71. The molecule has 0 spiro atoms. The number of aryl methyl sites for hydroxylation is 3. The molecule has 70 valence electrons. The van der Waals surface area contributed by atoms with Crippen LogP contribution in [0.15, 0.2) is 6.07 Å². The van der Waals surface area contributed by atoms with Gasteiger partial charge in [-0.25, -0.2) is 0 Å². The molecule has 0 aromatic carbocycles. The summed E-state index contributed by atoms with van der Waals surface area (Å²) in [6.45, 7) is 4.07. The molecule has 0 radical (unpaired) electrons. The van der Waals surface area contributed by atoms with Gasteiger partial charge in [-0.2, -0.15) is 0 Å². The van der Waals surface area contributed by atoms with Gasteiger partial charge in [0.2, 0.25) is 0 Å². The van der Waals surface area contributed by atoms with E-state index in [4.69, 9.17) is 0 Å². The van der Waals surface area contributed by atoms with Crippen molar-refractivity contribution in [2.24, 2.45) is 0 Å². The Labute approximate surface area is 78.6 Å². The Morgan fingerprint density at radius 1 is 1.46 bits per heavy atom. The Kier molecular flexibility index (Phi) is 2.08. The topological polar surface area (TPSA) is 33.1 Å². The quantitative estimate of drug-likeness (QED) is 0.658. The third kappa shape index (κ3) is 1.46. The first-order chi connectivity index (χ1) is 6.18. The predicted molar refractivity (Wildman–Crippen MR) is 51.6 cm³/mol. The predicted octanol–water partition coefficient (Wildman–Crippen LogP) is 2.07. The van der Waals surface area contributed by atoms with E-state index in [1.54, 1.807) is 0 Å². The highest BCUT2D eigenvalue weighted by Crippen LogP contribution is 2.28. The third-order valence-electron chi connectivity index (χ3n) is 2.82. The molecule has 1 aliphatic rings. The van der Waals surface area contributed by atoms with E-state index in [-0.39, 0.29) is 6.10 Å². The Balaban J connectivity index is 2.52. The molecule has 2 rings (SSSR count). The van der Waals surface area contributed by atoms with Crippen LogP contribution in [0.25, 0.3) is 0 Å². The van der Waals surface area contributed by atoms with Crippen LogP contribution in [0.2, 0.25) is 0 Å². The normalized spacial score (nSPS) is 21.3. The highest BCUT2D eigenvalue weighted by atomic mass is 16.3. The highest BCUT2D eigenvalue weighted by molar-refractivity contribution is 5.32. The Hall–Kier alpha value is -0.890. The molecule has 0 amide bonds. The van der Waals surface area contributed by atoms with E-state index < -0.39 is 0 Å². The van der Waals surface area contributed by atoms with Crippen molar-refractivity contribution in [2.45, 2.75) is 39.2 Å². The lowest BCUT2D eigenvalue weighted by Gasteiger charge is -2.21. The zero-order valence-electron chi connectivity index (χ0n) is 8.17. The van der Waals surface area contributed by atoms with Crippen molar-refractivity contribution in [1.29, 1.82) is 0 Å². The third-order valence-corrected chi connectivity index (χ3v) is 2.82. The van der Waals surface area contributed by atoms with Gasteiger partial charge in [-0.05, 0) is 44.2 Å². The number of aliphatic hydroxyl groups excluding tert-OH is 1. The van der Waals surface area contributed by atoms with Gasteiger partial charge >= 0.3 is 0 Å². The molecular weight excluding hydrogens is 162 g/mol. The van der Waals surface area contributed by atoms with Crippen LogP contribution in [-0.4, -0.2) is 10.1 Å². The molecule has 13 heavy (non-hydrogen) atoms. The van der Waals surface area contributed by atoms with Gasteiger partial charge in [0.05, 0.1) is 11.8 Å². The number of aliphatic hydroxyl groups is 1. The number of aromatic nitrogens is 1. The van der Waals surface area contributed by atoms with Crippen molar-refractivity contribution in [2.75, 3.05) is 0 Å². The second kappa shape index (κ2) is 3.11. The molecule has 1 aliphatic carbocycles. The molecule has 0 bridgehead atoms. The highest BCUT2D eigenvalue weighted by Gasteiger charge is 2.19. The van der Waals surface area contributed by atoms with Crippen molar-refractivity contribution in [3.8, 4) is 0 Å². The van der Waals surface area contributed by atoms with E-state index in [0.29, 0.717) is 0 Å². The molecule has 0 aliphatic heterocycles. The molecule has 0 saturated carbocycles. The number of rotatable bonds is 0. The maximum Gasteiger partial charge on any atom is 0.0962 e. The zero-order valence-corrected chi connectivity index (χ0v) is 8.17. The fraction of sp³-hybridized carbons (Fsp3) is 0.545. The largest absolute Gasteiger partial charge is 0.387 e. The number of hydrogen-bond acceptors (Lipinski definition) is 2. The van der Waals surface area contributed by atoms with Gasteiger partial charge in [0, 0.05) is 5.69 Å². The fourth-order valence-corrected chi connectivity index (χ4v) is 1.89. The van der Waals surface area contributed by atoms with Gasteiger partial charge in [-0.1, -0.05) is 6.07 Å². The lowest BCUT2D eigenvalue weighted by atomic mass is 9.92. The fourth-order valence-electron chi connectivity index (χ4n) is 1.89. The molecule has 1 unspecified atom stereocenters. The molecule has 0 fully saturated rings. The minimum Gasteiger partial charge on any atom is -0.387 e. The molecule has 2 heteroatoms. The summed E-state index contributed by atoms with van der Waals surface area (Å²) in [5.74, 6) is 0. The molecule has 1 atom stereocenters. The average molecular weight is 177 g/mol. The molecular formula is C11H15NO. The van der Waals surface area contributed by atoms with E-state index in [1.165, 1.54) is 11.1 Å². The minimum absolute atomic E-state index is 0.331. The van der Waals surface area contributed by atoms with Crippen LogP contribution in [-0.2, 0) is 6.42 Å². The second-order valence-corrected chi connectivity index (χ2v) is 3.84. The maximum atomic E-state index is 9.71. The van der Waals surface area contributed by atoms with Crippen LogP contribution in [0.3, 0.4) is 0 Å². The van der Waals surface area contributed by atoms with E-state index in [2.05, 4.69) is 18.0 Å². The Morgan fingerprint density at radius 2 is 2.23 bits per heavy atom. The van der Waals surface area contributed by atoms with Crippen LogP contribution in [0.1, 0.15) is 41.5 Å². The molecule has 1 heterocycles. The molecule has 1 N–H and O–H groups in total. The first-order valence-electron chi connectivity index (χ1n) is 4.83. The van der Waals surface area contributed by atoms with Gasteiger partial charge in [0.1, 0.15) is 0 Å².